The van der Waals surface area contributed by atoms with Gasteiger partial charge in [0.1, 0.15) is 17.9 Å². The third kappa shape index (κ3) is 4.60. The Morgan fingerprint density at radius 1 is 1.16 bits per heavy atom. The number of nitrogens with one attached hydrogen (secondary N) is 1. The van der Waals surface area contributed by atoms with E-state index in [-0.39, 0.29) is 30.4 Å². The molecule has 1 unspecified atom stereocenters. The van der Waals surface area contributed by atoms with Crippen molar-refractivity contribution in [1.82, 2.24) is 15.1 Å². The van der Waals surface area contributed by atoms with Gasteiger partial charge in [0.25, 0.3) is 5.91 Å². The summed E-state index contributed by atoms with van der Waals surface area (Å²) in [5.74, 6) is -0.125. The fraction of sp³-hybridized carbons (Fsp3) is 0.609. The van der Waals surface area contributed by atoms with Gasteiger partial charge in [0.2, 0.25) is 11.8 Å². The molecule has 8 heteroatoms. The van der Waals surface area contributed by atoms with Crippen molar-refractivity contribution >= 4 is 17.7 Å². The predicted octanol–water partition coefficient (Wildman–Crippen LogP) is 1.71. The Balaban J connectivity index is 1.45. The first-order chi connectivity index (χ1) is 14.9. The van der Waals surface area contributed by atoms with Gasteiger partial charge in [0.05, 0.1) is 6.10 Å². The maximum Gasteiger partial charge on any atom is 0.255 e. The molecule has 0 aromatic heterocycles. The molecule has 0 radical (unpaired) electrons. The number of hydrogen-bond donors (Lipinski definition) is 1. The molecule has 1 aromatic carbocycles. The maximum absolute atomic E-state index is 12.9. The van der Waals surface area contributed by atoms with Crippen LogP contribution in [0.3, 0.4) is 0 Å². The molecule has 4 rings (SSSR count). The largest absolute Gasteiger partial charge is 0.489 e. The normalized spacial score (nSPS) is 26.9. The summed E-state index contributed by atoms with van der Waals surface area (Å²) in [5, 5.41) is 2.33. The van der Waals surface area contributed by atoms with Crippen molar-refractivity contribution in [2.75, 3.05) is 19.7 Å². The van der Waals surface area contributed by atoms with Crippen LogP contribution >= 0.6 is 0 Å². The maximum atomic E-state index is 12.9. The number of fused-ring (bicyclic) bond motifs is 1. The quantitative estimate of drug-likeness (QED) is 0.693. The molecule has 1 N–H and O–H groups in total. The van der Waals surface area contributed by atoms with E-state index in [4.69, 9.17) is 9.47 Å². The van der Waals surface area contributed by atoms with Crippen LogP contribution in [-0.2, 0) is 20.9 Å². The number of hydrogen-bond acceptors (Lipinski definition) is 6. The minimum absolute atomic E-state index is 0.00842. The van der Waals surface area contributed by atoms with Gasteiger partial charge in [0, 0.05) is 50.7 Å². The standard InChI is InChI=1S/C23H31N3O5/c1-4-30-17-10-18(13-25(12-17)14(2)3)31-16-5-6-19-15(9-16)11-26(23(19)29)20-7-8-21(27)24-22(20)28/h5-6,9,14,17-18,20H,4,7-8,10-13H2,1-3H3,(H,24,27,28)/t17-,18-,20?/m1/s1. The molecule has 0 saturated carbocycles. The highest BCUT2D eigenvalue weighted by atomic mass is 16.5. The molecular formula is C23H31N3O5. The van der Waals surface area contributed by atoms with Crippen LogP contribution in [0.2, 0.25) is 0 Å². The van der Waals surface area contributed by atoms with Crippen LogP contribution in [0.5, 0.6) is 5.75 Å². The van der Waals surface area contributed by atoms with Crippen molar-refractivity contribution in [3.8, 4) is 5.75 Å². The van der Waals surface area contributed by atoms with Gasteiger partial charge in [-0.15, -0.1) is 0 Å². The number of ether oxygens (including phenoxy) is 2. The molecule has 8 nitrogen and oxygen atoms in total. The first kappa shape index (κ1) is 21.8. The third-order valence-electron chi connectivity index (χ3n) is 6.33. The smallest absolute Gasteiger partial charge is 0.255 e. The molecule has 3 aliphatic heterocycles. The predicted molar refractivity (Wildman–Crippen MR) is 114 cm³/mol. The van der Waals surface area contributed by atoms with Crippen LogP contribution < -0.4 is 10.1 Å². The monoisotopic (exact) mass is 429 g/mol. The molecule has 3 aliphatic rings. The fourth-order valence-corrected chi connectivity index (χ4v) is 4.72. The third-order valence-corrected chi connectivity index (χ3v) is 6.33. The molecule has 2 saturated heterocycles. The van der Waals surface area contributed by atoms with Gasteiger partial charge in [0.15, 0.2) is 0 Å². The van der Waals surface area contributed by atoms with E-state index in [1.165, 1.54) is 0 Å². The van der Waals surface area contributed by atoms with E-state index in [1.54, 1.807) is 11.0 Å². The first-order valence-corrected chi connectivity index (χ1v) is 11.2. The van der Waals surface area contributed by atoms with Gasteiger partial charge in [-0.05, 0) is 51.0 Å². The summed E-state index contributed by atoms with van der Waals surface area (Å²) < 4.78 is 12.2. The summed E-state index contributed by atoms with van der Waals surface area (Å²) >= 11 is 0. The van der Waals surface area contributed by atoms with E-state index in [2.05, 4.69) is 24.1 Å². The Morgan fingerprint density at radius 3 is 2.65 bits per heavy atom. The average Bonchev–Trinajstić information content (AvgIpc) is 3.04. The zero-order valence-electron chi connectivity index (χ0n) is 18.4. The molecule has 3 amide bonds. The van der Waals surface area contributed by atoms with E-state index in [0.29, 0.717) is 31.2 Å². The number of piperidine rings is 2. The average molecular weight is 430 g/mol. The number of carbonyl (C=O) groups is 3. The van der Waals surface area contributed by atoms with Crippen molar-refractivity contribution < 1.29 is 23.9 Å². The van der Waals surface area contributed by atoms with Crippen LogP contribution in [0.25, 0.3) is 0 Å². The van der Waals surface area contributed by atoms with Gasteiger partial charge in [-0.25, -0.2) is 0 Å². The highest BCUT2D eigenvalue weighted by Crippen LogP contribution is 2.31. The lowest BCUT2D eigenvalue weighted by Crippen LogP contribution is -2.52. The highest BCUT2D eigenvalue weighted by Gasteiger charge is 2.39. The van der Waals surface area contributed by atoms with E-state index < -0.39 is 11.9 Å². The summed E-state index contributed by atoms with van der Waals surface area (Å²) in [6.07, 6.45) is 1.59. The number of nitrogens with zero attached hydrogens (tertiary/aromatic N) is 2. The van der Waals surface area contributed by atoms with Crippen LogP contribution in [0.4, 0.5) is 0 Å². The minimum atomic E-state index is -0.605. The lowest BCUT2D eigenvalue weighted by atomic mass is 10.0. The highest BCUT2D eigenvalue weighted by molar-refractivity contribution is 6.05. The lowest BCUT2D eigenvalue weighted by molar-refractivity contribution is -0.136. The molecule has 2 fully saturated rings. The van der Waals surface area contributed by atoms with E-state index >= 15 is 0 Å². The summed E-state index contributed by atoms with van der Waals surface area (Å²) in [7, 11) is 0. The second-order valence-corrected chi connectivity index (χ2v) is 8.82. The molecular weight excluding hydrogens is 398 g/mol. The SMILES string of the molecule is CCO[C@@H]1C[C@@H](Oc2ccc3c(c2)CN(C2CCC(=O)NC2=O)C3=O)CN(C(C)C)C1. The van der Waals surface area contributed by atoms with E-state index in [0.717, 1.165) is 30.8 Å². The van der Waals surface area contributed by atoms with Crippen molar-refractivity contribution in [3.05, 3.63) is 29.3 Å². The lowest BCUT2D eigenvalue weighted by Gasteiger charge is -2.39. The van der Waals surface area contributed by atoms with Crippen LogP contribution in [0.1, 0.15) is 56.0 Å². The summed E-state index contributed by atoms with van der Waals surface area (Å²) in [6.45, 7) is 9.13. The summed E-state index contributed by atoms with van der Waals surface area (Å²) in [5.41, 5.74) is 1.45. The Morgan fingerprint density at radius 2 is 1.94 bits per heavy atom. The Bertz CT molecular complexity index is 871. The topological polar surface area (TPSA) is 88.2 Å². The number of rotatable bonds is 6. The van der Waals surface area contributed by atoms with Gasteiger partial charge >= 0.3 is 0 Å². The number of likely N-dealkylation sites (tertiary alicyclic amines) is 1. The summed E-state index contributed by atoms with van der Waals surface area (Å²) in [4.78, 5) is 40.4. The fourth-order valence-electron chi connectivity index (χ4n) is 4.72. The van der Waals surface area contributed by atoms with Crippen LogP contribution in [0.15, 0.2) is 18.2 Å². The number of carbonyl (C=O) groups excluding carboxylic acids is 3. The van der Waals surface area contributed by atoms with Crippen molar-refractivity contribution in [1.29, 1.82) is 0 Å². The van der Waals surface area contributed by atoms with Crippen molar-refractivity contribution in [3.63, 3.8) is 0 Å². The molecule has 168 valence electrons. The van der Waals surface area contributed by atoms with Crippen LogP contribution in [-0.4, -0.2) is 71.5 Å². The molecule has 0 spiro atoms. The minimum Gasteiger partial charge on any atom is -0.489 e. The van der Waals surface area contributed by atoms with Crippen molar-refractivity contribution in [2.24, 2.45) is 0 Å². The Labute approximate surface area is 182 Å². The number of amides is 3. The Kier molecular flexibility index (Phi) is 6.29. The second kappa shape index (κ2) is 8.96. The Hall–Kier alpha value is -2.45. The molecule has 1 aromatic rings. The van der Waals surface area contributed by atoms with E-state index in [1.807, 2.05) is 19.1 Å². The molecule has 3 heterocycles. The van der Waals surface area contributed by atoms with E-state index in [9.17, 15) is 14.4 Å². The molecule has 31 heavy (non-hydrogen) atoms. The van der Waals surface area contributed by atoms with Gasteiger partial charge in [-0.2, -0.15) is 0 Å². The first-order valence-electron chi connectivity index (χ1n) is 11.2. The van der Waals surface area contributed by atoms with Gasteiger partial charge in [-0.1, -0.05) is 0 Å². The van der Waals surface area contributed by atoms with Gasteiger partial charge in [-0.3, -0.25) is 24.6 Å². The molecule has 0 bridgehead atoms. The summed E-state index contributed by atoms with van der Waals surface area (Å²) in [6, 6.07) is 5.32. The molecule has 3 atom stereocenters. The van der Waals surface area contributed by atoms with Crippen LogP contribution in [0, 0.1) is 0 Å². The number of imide groups is 1. The molecule has 0 aliphatic carbocycles. The van der Waals surface area contributed by atoms with Gasteiger partial charge < -0.3 is 14.4 Å². The number of benzene rings is 1. The van der Waals surface area contributed by atoms with Crippen molar-refractivity contribution in [2.45, 2.75) is 70.9 Å². The zero-order valence-corrected chi connectivity index (χ0v) is 18.4. The zero-order chi connectivity index (χ0) is 22.1. The second-order valence-electron chi connectivity index (χ2n) is 8.82.